The molecular formula is C13H16N2S2. The molecular weight excluding hydrogens is 248 g/mol. The first-order chi connectivity index (χ1) is 8.19. The second kappa shape index (κ2) is 5.56. The van der Waals surface area contributed by atoms with Crippen LogP contribution in [0, 0.1) is 6.92 Å². The molecule has 2 aromatic rings. The minimum absolute atomic E-state index is 0.828. The Morgan fingerprint density at radius 2 is 2.24 bits per heavy atom. The molecule has 2 nitrogen and oxygen atoms in total. The maximum absolute atomic E-state index is 5.74. The quantitative estimate of drug-likeness (QED) is 0.672. The molecule has 0 spiro atoms. The van der Waals surface area contributed by atoms with E-state index < -0.39 is 0 Å². The minimum atomic E-state index is 0.828. The number of thioether (sulfide) groups is 1. The van der Waals surface area contributed by atoms with Crippen molar-refractivity contribution in [3.63, 3.8) is 0 Å². The fourth-order valence-electron chi connectivity index (χ4n) is 1.56. The van der Waals surface area contributed by atoms with Crippen molar-refractivity contribution in [2.75, 3.05) is 5.73 Å². The average molecular weight is 264 g/mol. The molecule has 0 saturated heterocycles. The molecule has 0 fully saturated rings. The summed E-state index contributed by atoms with van der Waals surface area (Å²) in [5.41, 5.74) is 8.97. The number of thiazole rings is 1. The van der Waals surface area contributed by atoms with Gasteiger partial charge in [-0.3, -0.25) is 0 Å². The SMILES string of the molecule is CCc1nc(CSc2ccc(N)cc2C)cs1. The normalized spacial score (nSPS) is 10.7. The molecule has 2 N–H and O–H groups in total. The number of rotatable bonds is 4. The molecule has 0 saturated carbocycles. The Hall–Kier alpha value is -1.00. The topological polar surface area (TPSA) is 38.9 Å². The van der Waals surface area contributed by atoms with Crippen molar-refractivity contribution >= 4 is 28.8 Å². The Kier molecular flexibility index (Phi) is 4.07. The van der Waals surface area contributed by atoms with Gasteiger partial charge in [0.15, 0.2) is 0 Å². The first kappa shape index (κ1) is 12.5. The van der Waals surface area contributed by atoms with Crippen molar-refractivity contribution in [2.24, 2.45) is 0 Å². The van der Waals surface area contributed by atoms with E-state index in [0.717, 1.165) is 17.9 Å². The van der Waals surface area contributed by atoms with Crippen LogP contribution in [0.3, 0.4) is 0 Å². The molecule has 2 rings (SSSR count). The second-order valence-corrected chi connectivity index (χ2v) is 5.86. The summed E-state index contributed by atoms with van der Waals surface area (Å²) in [5, 5.41) is 3.37. The van der Waals surface area contributed by atoms with Crippen LogP contribution >= 0.6 is 23.1 Å². The fourth-order valence-corrected chi connectivity index (χ4v) is 3.32. The van der Waals surface area contributed by atoms with Gasteiger partial charge in [0, 0.05) is 21.7 Å². The number of benzene rings is 1. The molecule has 0 atom stereocenters. The standard InChI is InChI=1S/C13H16N2S2/c1-3-13-15-11(8-17-13)7-16-12-5-4-10(14)6-9(12)2/h4-6,8H,3,7,14H2,1-2H3. The van der Waals surface area contributed by atoms with Gasteiger partial charge < -0.3 is 5.73 Å². The van der Waals surface area contributed by atoms with Crippen LogP contribution in [-0.4, -0.2) is 4.98 Å². The van der Waals surface area contributed by atoms with Gasteiger partial charge in [-0.15, -0.1) is 23.1 Å². The van der Waals surface area contributed by atoms with Crippen molar-refractivity contribution in [3.05, 3.63) is 39.8 Å². The molecule has 0 unspecified atom stereocenters. The zero-order chi connectivity index (χ0) is 12.3. The first-order valence-corrected chi connectivity index (χ1v) is 7.47. The number of hydrogen-bond donors (Lipinski definition) is 1. The summed E-state index contributed by atoms with van der Waals surface area (Å²) in [6.07, 6.45) is 1.02. The highest BCUT2D eigenvalue weighted by Gasteiger charge is 2.03. The zero-order valence-corrected chi connectivity index (χ0v) is 11.7. The van der Waals surface area contributed by atoms with E-state index in [1.807, 2.05) is 23.9 Å². The number of aryl methyl sites for hydroxylation is 2. The third-order valence-corrected chi connectivity index (χ3v) is 4.73. The van der Waals surface area contributed by atoms with Crippen LogP contribution in [0.15, 0.2) is 28.5 Å². The van der Waals surface area contributed by atoms with E-state index in [4.69, 9.17) is 5.73 Å². The molecule has 0 amide bonds. The van der Waals surface area contributed by atoms with Gasteiger partial charge in [0.1, 0.15) is 0 Å². The van der Waals surface area contributed by atoms with E-state index in [1.54, 1.807) is 11.3 Å². The van der Waals surface area contributed by atoms with E-state index in [9.17, 15) is 0 Å². The maximum atomic E-state index is 5.74. The Bertz CT molecular complexity index is 506. The number of anilines is 1. The van der Waals surface area contributed by atoms with Gasteiger partial charge in [0.2, 0.25) is 0 Å². The monoisotopic (exact) mass is 264 g/mol. The van der Waals surface area contributed by atoms with E-state index >= 15 is 0 Å². The van der Waals surface area contributed by atoms with Crippen LogP contribution in [0.2, 0.25) is 0 Å². The summed E-state index contributed by atoms with van der Waals surface area (Å²) in [4.78, 5) is 5.85. The van der Waals surface area contributed by atoms with Gasteiger partial charge in [0.25, 0.3) is 0 Å². The molecule has 1 aromatic heterocycles. The second-order valence-electron chi connectivity index (χ2n) is 3.90. The molecule has 0 bridgehead atoms. The van der Waals surface area contributed by atoms with E-state index in [2.05, 4.69) is 30.3 Å². The molecule has 0 aliphatic rings. The van der Waals surface area contributed by atoms with Crippen molar-refractivity contribution < 1.29 is 0 Å². The van der Waals surface area contributed by atoms with Gasteiger partial charge in [0.05, 0.1) is 10.7 Å². The maximum Gasteiger partial charge on any atom is 0.0925 e. The zero-order valence-electron chi connectivity index (χ0n) is 10.1. The van der Waals surface area contributed by atoms with Crippen LogP contribution in [0.25, 0.3) is 0 Å². The van der Waals surface area contributed by atoms with Gasteiger partial charge in [-0.2, -0.15) is 0 Å². The smallest absolute Gasteiger partial charge is 0.0925 e. The Balaban J connectivity index is 2.02. The third-order valence-electron chi connectivity index (χ3n) is 2.48. The predicted molar refractivity (Wildman–Crippen MR) is 76.6 cm³/mol. The summed E-state index contributed by atoms with van der Waals surface area (Å²) in [6, 6.07) is 6.05. The molecule has 0 aliphatic heterocycles. The Morgan fingerprint density at radius 3 is 2.88 bits per heavy atom. The molecule has 17 heavy (non-hydrogen) atoms. The predicted octanol–water partition coefficient (Wildman–Crippen LogP) is 3.89. The molecule has 0 radical (unpaired) electrons. The lowest BCUT2D eigenvalue weighted by Gasteiger charge is -2.05. The van der Waals surface area contributed by atoms with E-state index in [0.29, 0.717) is 0 Å². The number of nitrogens with zero attached hydrogens (tertiary/aromatic N) is 1. The van der Waals surface area contributed by atoms with Crippen LogP contribution < -0.4 is 5.73 Å². The van der Waals surface area contributed by atoms with Gasteiger partial charge in [-0.25, -0.2) is 4.98 Å². The van der Waals surface area contributed by atoms with E-state index in [-0.39, 0.29) is 0 Å². The summed E-state index contributed by atoms with van der Waals surface area (Å²) < 4.78 is 0. The minimum Gasteiger partial charge on any atom is -0.399 e. The van der Waals surface area contributed by atoms with Gasteiger partial charge in [-0.1, -0.05) is 6.92 Å². The molecule has 0 aliphatic carbocycles. The third kappa shape index (κ3) is 3.23. The molecule has 1 heterocycles. The summed E-state index contributed by atoms with van der Waals surface area (Å²) in [5.74, 6) is 0.932. The summed E-state index contributed by atoms with van der Waals surface area (Å²) in [7, 11) is 0. The van der Waals surface area contributed by atoms with Crippen LogP contribution in [0.4, 0.5) is 5.69 Å². The number of aromatic nitrogens is 1. The summed E-state index contributed by atoms with van der Waals surface area (Å²) in [6.45, 7) is 4.23. The van der Waals surface area contributed by atoms with Crippen LogP contribution in [-0.2, 0) is 12.2 Å². The molecule has 90 valence electrons. The van der Waals surface area contributed by atoms with Crippen molar-refractivity contribution in [3.8, 4) is 0 Å². The Labute approximate surface area is 110 Å². The van der Waals surface area contributed by atoms with Crippen molar-refractivity contribution in [1.82, 2.24) is 4.98 Å². The largest absolute Gasteiger partial charge is 0.399 e. The average Bonchev–Trinajstić information content (AvgIpc) is 2.76. The number of nitrogen functional groups attached to an aromatic ring is 1. The fraction of sp³-hybridized carbons (Fsp3) is 0.308. The van der Waals surface area contributed by atoms with Gasteiger partial charge >= 0.3 is 0 Å². The first-order valence-electron chi connectivity index (χ1n) is 5.61. The highest BCUT2D eigenvalue weighted by atomic mass is 32.2. The molecule has 1 aromatic carbocycles. The molecule has 4 heteroatoms. The lowest BCUT2D eigenvalue weighted by molar-refractivity contribution is 1.06. The van der Waals surface area contributed by atoms with E-state index in [1.165, 1.54) is 21.2 Å². The lowest BCUT2D eigenvalue weighted by Crippen LogP contribution is -1.88. The van der Waals surface area contributed by atoms with Crippen molar-refractivity contribution in [1.29, 1.82) is 0 Å². The van der Waals surface area contributed by atoms with Crippen molar-refractivity contribution in [2.45, 2.75) is 30.9 Å². The Morgan fingerprint density at radius 1 is 1.41 bits per heavy atom. The number of hydrogen-bond acceptors (Lipinski definition) is 4. The highest BCUT2D eigenvalue weighted by Crippen LogP contribution is 2.27. The van der Waals surface area contributed by atoms with Gasteiger partial charge in [-0.05, 0) is 37.1 Å². The van der Waals surface area contributed by atoms with Crippen LogP contribution in [0.5, 0.6) is 0 Å². The lowest BCUT2D eigenvalue weighted by atomic mass is 10.2. The highest BCUT2D eigenvalue weighted by molar-refractivity contribution is 7.98. The summed E-state index contributed by atoms with van der Waals surface area (Å²) >= 11 is 3.57. The number of nitrogens with two attached hydrogens (primary N) is 1. The van der Waals surface area contributed by atoms with Crippen LogP contribution in [0.1, 0.15) is 23.2 Å².